The number of aromatic nitrogens is 2. The van der Waals surface area contributed by atoms with Crippen molar-refractivity contribution in [2.45, 2.75) is 0 Å². The van der Waals surface area contributed by atoms with E-state index in [1.165, 1.54) is 0 Å². The van der Waals surface area contributed by atoms with E-state index >= 15 is 0 Å². The highest BCUT2D eigenvalue weighted by Gasteiger charge is 2.14. The van der Waals surface area contributed by atoms with Crippen LogP contribution in [0, 0.1) is 0 Å². The van der Waals surface area contributed by atoms with Crippen molar-refractivity contribution >= 4 is 23.1 Å². The summed E-state index contributed by atoms with van der Waals surface area (Å²) in [4.78, 5) is 17.9. The van der Waals surface area contributed by atoms with Crippen LogP contribution in [0.25, 0.3) is 28.7 Å². The number of hydrogen-bond acceptors (Lipinski definition) is 4. The molecule has 0 fully saturated rings. The molecule has 4 aromatic rings. The van der Waals surface area contributed by atoms with Crippen LogP contribution in [0.2, 0.25) is 0 Å². The fourth-order valence-corrected chi connectivity index (χ4v) is 2.85. The van der Waals surface area contributed by atoms with Crippen molar-refractivity contribution < 1.29 is 9.15 Å². The monoisotopic (exact) mass is 344 g/mol. The summed E-state index contributed by atoms with van der Waals surface area (Å²) < 4.78 is 12.3. The summed E-state index contributed by atoms with van der Waals surface area (Å²) in [6.45, 7) is 0. The number of para-hydroxylation sites is 3. The molecule has 0 amide bonds. The van der Waals surface area contributed by atoms with Crippen LogP contribution >= 0.6 is 0 Å². The van der Waals surface area contributed by atoms with E-state index in [2.05, 4.69) is 4.98 Å². The highest BCUT2D eigenvalue weighted by Crippen LogP contribution is 2.23. The van der Waals surface area contributed by atoms with Gasteiger partial charge in [0.05, 0.1) is 30.0 Å². The van der Waals surface area contributed by atoms with Crippen molar-refractivity contribution in [1.82, 2.24) is 9.55 Å². The Morgan fingerprint density at radius 1 is 1.00 bits per heavy atom. The number of rotatable bonds is 4. The lowest BCUT2D eigenvalue weighted by molar-refractivity contribution is 0.412. The molecule has 2 aromatic carbocycles. The van der Waals surface area contributed by atoms with Crippen LogP contribution in [0.1, 0.15) is 11.6 Å². The van der Waals surface area contributed by atoms with E-state index < -0.39 is 0 Å². The number of ether oxygens (including phenoxy) is 1. The van der Waals surface area contributed by atoms with Crippen molar-refractivity contribution in [3.05, 3.63) is 88.9 Å². The zero-order valence-corrected chi connectivity index (χ0v) is 14.1. The molecule has 0 bridgehead atoms. The van der Waals surface area contributed by atoms with Gasteiger partial charge >= 0.3 is 0 Å². The van der Waals surface area contributed by atoms with Crippen LogP contribution in [0.3, 0.4) is 0 Å². The minimum atomic E-state index is -0.154. The van der Waals surface area contributed by atoms with E-state index in [0.717, 1.165) is 0 Å². The summed E-state index contributed by atoms with van der Waals surface area (Å²) in [7, 11) is 1.58. The van der Waals surface area contributed by atoms with Crippen LogP contribution in [0.15, 0.2) is 76.1 Å². The first kappa shape index (κ1) is 15.9. The number of benzene rings is 2. The van der Waals surface area contributed by atoms with Crippen LogP contribution in [0.5, 0.6) is 5.75 Å². The van der Waals surface area contributed by atoms with Crippen molar-refractivity contribution in [2.75, 3.05) is 7.11 Å². The quantitative estimate of drug-likeness (QED) is 0.558. The lowest BCUT2D eigenvalue weighted by Gasteiger charge is -2.14. The average molecular weight is 344 g/mol. The van der Waals surface area contributed by atoms with Gasteiger partial charge in [0.1, 0.15) is 17.3 Å². The molecule has 0 N–H and O–H groups in total. The second-order valence-corrected chi connectivity index (χ2v) is 5.65. The molecule has 5 nitrogen and oxygen atoms in total. The maximum absolute atomic E-state index is 13.2. The summed E-state index contributed by atoms with van der Waals surface area (Å²) in [6, 6.07) is 18.3. The molecule has 0 unspecified atom stereocenters. The Morgan fingerprint density at radius 3 is 2.62 bits per heavy atom. The van der Waals surface area contributed by atoms with Crippen LogP contribution in [-0.2, 0) is 0 Å². The molecule has 4 rings (SSSR count). The van der Waals surface area contributed by atoms with E-state index in [-0.39, 0.29) is 5.56 Å². The highest BCUT2D eigenvalue weighted by molar-refractivity contribution is 5.80. The van der Waals surface area contributed by atoms with Gasteiger partial charge in [0.15, 0.2) is 0 Å². The third-order valence-electron chi connectivity index (χ3n) is 4.07. The van der Waals surface area contributed by atoms with Crippen LogP contribution < -0.4 is 10.3 Å². The molecule has 0 aliphatic carbocycles. The molecule has 2 heterocycles. The van der Waals surface area contributed by atoms with Gasteiger partial charge in [-0.3, -0.25) is 9.36 Å². The fourth-order valence-electron chi connectivity index (χ4n) is 2.85. The Kier molecular flexibility index (Phi) is 4.11. The Hall–Kier alpha value is -3.60. The van der Waals surface area contributed by atoms with Crippen molar-refractivity contribution in [2.24, 2.45) is 0 Å². The van der Waals surface area contributed by atoms with Crippen molar-refractivity contribution in [3.8, 4) is 11.4 Å². The van der Waals surface area contributed by atoms with E-state index in [4.69, 9.17) is 9.15 Å². The Bertz CT molecular complexity index is 1140. The van der Waals surface area contributed by atoms with Gasteiger partial charge in [-0.2, -0.15) is 0 Å². The Morgan fingerprint density at radius 2 is 1.81 bits per heavy atom. The zero-order valence-electron chi connectivity index (χ0n) is 14.1. The summed E-state index contributed by atoms with van der Waals surface area (Å²) in [5.41, 5.74) is 1.12. The van der Waals surface area contributed by atoms with Gasteiger partial charge in [-0.1, -0.05) is 24.3 Å². The molecule has 0 saturated heterocycles. The van der Waals surface area contributed by atoms with Gasteiger partial charge in [-0.15, -0.1) is 0 Å². The Labute approximate surface area is 149 Å². The lowest BCUT2D eigenvalue weighted by Crippen LogP contribution is -2.22. The smallest absolute Gasteiger partial charge is 0.266 e. The first-order chi connectivity index (χ1) is 12.8. The fraction of sp³-hybridized carbons (Fsp3) is 0.0476. The molecule has 0 aliphatic heterocycles. The number of nitrogens with zero attached hydrogens (tertiary/aromatic N) is 2. The van der Waals surface area contributed by atoms with E-state index in [1.54, 1.807) is 42.2 Å². The minimum absolute atomic E-state index is 0.154. The SMILES string of the molecule is COc1ccccc1-n1c(/C=C/c2ccco2)nc2ccccc2c1=O. The molecule has 2 aromatic heterocycles. The van der Waals surface area contributed by atoms with Gasteiger partial charge < -0.3 is 9.15 Å². The predicted molar refractivity (Wildman–Crippen MR) is 102 cm³/mol. The van der Waals surface area contributed by atoms with Crippen LogP contribution in [0.4, 0.5) is 0 Å². The molecule has 0 aliphatic rings. The molecular formula is C21H16N2O3. The number of furan rings is 1. The van der Waals surface area contributed by atoms with Gasteiger partial charge in [0.2, 0.25) is 0 Å². The Balaban J connectivity index is 2.01. The largest absolute Gasteiger partial charge is 0.495 e. The maximum Gasteiger partial charge on any atom is 0.266 e. The number of fused-ring (bicyclic) bond motifs is 1. The van der Waals surface area contributed by atoms with Crippen molar-refractivity contribution in [1.29, 1.82) is 0 Å². The number of methoxy groups -OCH3 is 1. The number of hydrogen-bond donors (Lipinski definition) is 0. The summed E-state index contributed by atoms with van der Waals surface area (Å²) in [6.07, 6.45) is 5.14. The molecule has 0 radical (unpaired) electrons. The second-order valence-electron chi connectivity index (χ2n) is 5.65. The maximum atomic E-state index is 13.2. The van der Waals surface area contributed by atoms with Gasteiger partial charge in [-0.05, 0) is 48.6 Å². The highest BCUT2D eigenvalue weighted by atomic mass is 16.5. The standard InChI is InChI=1S/C21H16N2O3/c1-25-19-11-5-4-10-18(19)23-20(13-12-15-7-6-14-26-15)22-17-9-3-2-8-16(17)21(23)24/h2-14H,1H3/b13-12+. The van der Waals surface area contributed by atoms with E-state index in [9.17, 15) is 4.79 Å². The molecule has 26 heavy (non-hydrogen) atoms. The normalized spacial score (nSPS) is 11.3. The topological polar surface area (TPSA) is 57.3 Å². The zero-order chi connectivity index (χ0) is 17.9. The predicted octanol–water partition coefficient (Wildman–Crippen LogP) is 4.16. The van der Waals surface area contributed by atoms with Crippen molar-refractivity contribution in [3.63, 3.8) is 0 Å². The lowest BCUT2D eigenvalue weighted by atomic mass is 10.2. The van der Waals surface area contributed by atoms with Crippen LogP contribution in [-0.4, -0.2) is 16.7 Å². The molecular weight excluding hydrogens is 328 g/mol. The molecule has 128 valence electrons. The van der Waals surface area contributed by atoms with Gasteiger partial charge in [-0.25, -0.2) is 4.98 Å². The molecule has 5 heteroatoms. The second kappa shape index (κ2) is 6.72. The summed E-state index contributed by atoms with van der Waals surface area (Å²) >= 11 is 0. The van der Waals surface area contributed by atoms with E-state index in [1.807, 2.05) is 48.5 Å². The molecule has 0 atom stereocenters. The van der Waals surface area contributed by atoms with Gasteiger partial charge in [0.25, 0.3) is 5.56 Å². The minimum Gasteiger partial charge on any atom is -0.495 e. The average Bonchev–Trinajstić information content (AvgIpc) is 3.20. The third-order valence-corrected chi connectivity index (χ3v) is 4.07. The summed E-state index contributed by atoms with van der Waals surface area (Å²) in [5.74, 6) is 1.77. The first-order valence-electron chi connectivity index (χ1n) is 8.15. The first-order valence-corrected chi connectivity index (χ1v) is 8.15. The third kappa shape index (κ3) is 2.80. The van der Waals surface area contributed by atoms with Gasteiger partial charge in [0, 0.05) is 0 Å². The molecule has 0 saturated carbocycles. The van der Waals surface area contributed by atoms with E-state index in [0.29, 0.717) is 33.9 Å². The molecule has 0 spiro atoms. The summed E-state index contributed by atoms with van der Waals surface area (Å²) in [5, 5.41) is 0.550.